The number of nitrogens with zero attached hydrogens (tertiary/aromatic N) is 5. The summed E-state index contributed by atoms with van der Waals surface area (Å²) >= 11 is 0. The number of piperazine rings is 1. The Balaban J connectivity index is 1.32. The van der Waals surface area contributed by atoms with E-state index in [0.717, 1.165) is 71.0 Å². The highest BCUT2D eigenvalue weighted by Gasteiger charge is 2.35. The molecule has 0 radical (unpaired) electrons. The van der Waals surface area contributed by atoms with Crippen LogP contribution >= 0.6 is 0 Å². The molecule has 276 valence electrons. The monoisotopic (exact) mass is 726 g/mol. The van der Waals surface area contributed by atoms with Gasteiger partial charge in [0, 0.05) is 77.1 Å². The largest absolute Gasteiger partial charge is 0.422 e. The summed E-state index contributed by atoms with van der Waals surface area (Å²) in [7, 11) is 3.82. The van der Waals surface area contributed by atoms with Crippen LogP contribution in [0.1, 0.15) is 62.2 Å². The number of aryl methyl sites for hydroxylation is 2. The van der Waals surface area contributed by atoms with Crippen molar-refractivity contribution in [3.05, 3.63) is 67.8 Å². The number of hydrogen-bond acceptors (Lipinski definition) is 10. The lowest BCUT2D eigenvalue weighted by molar-refractivity contribution is 0.0727. The number of rotatable bonds is 9. The summed E-state index contributed by atoms with van der Waals surface area (Å²) in [4.78, 5) is 48.4. The maximum Gasteiger partial charge on any atom is 0.341 e. The number of carbonyl (C=O) groups is 2. The fourth-order valence-electron chi connectivity index (χ4n) is 7.44. The summed E-state index contributed by atoms with van der Waals surface area (Å²) in [5, 5.41) is 0.860. The summed E-state index contributed by atoms with van der Waals surface area (Å²) in [6, 6.07) is 4.78. The van der Waals surface area contributed by atoms with Gasteiger partial charge in [0.15, 0.2) is 5.82 Å². The van der Waals surface area contributed by atoms with Crippen molar-refractivity contribution in [2.75, 3.05) is 77.9 Å². The van der Waals surface area contributed by atoms with Crippen LogP contribution < -0.4 is 20.1 Å². The number of amides is 2. The van der Waals surface area contributed by atoms with E-state index >= 15 is 4.39 Å². The molecule has 1 aromatic heterocycles. The summed E-state index contributed by atoms with van der Waals surface area (Å²) in [6.45, 7) is 7.22. The van der Waals surface area contributed by atoms with Crippen LogP contribution in [0.2, 0.25) is 0 Å². The van der Waals surface area contributed by atoms with E-state index in [1.54, 1.807) is 19.1 Å². The Bertz CT molecular complexity index is 2050. The predicted molar refractivity (Wildman–Crippen MR) is 193 cm³/mol. The third kappa shape index (κ3) is 6.72. The van der Waals surface area contributed by atoms with Crippen LogP contribution in [0, 0.1) is 19.7 Å². The first kappa shape index (κ1) is 36.7. The quantitative estimate of drug-likeness (QED) is 0.328. The van der Waals surface area contributed by atoms with Gasteiger partial charge in [0.1, 0.15) is 5.58 Å². The van der Waals surface area contributed by atoms with Gasteiger partial charge in [0.25, 0.3) is 11.8 Å². The molecule has 0 unspecified atom stereocenters. The molecule has 51 heavy (non-hydrogen) atoms. The molecule has 2 aromatic carbocycles. The predicted octanol–water partition coefficient (Wildman–Crippen LogP) is 3.04. The molecular weight excluding hydrogens is 679 g/mol. The highest BCUT2D eigenvalue weighted by atomic mass is 32.2. The molecule has 3 aromatic rings. The van der Waals surface area contributed by atoms with Crippen molar-refractivity contribution in [2.24, 2.45) is 0 Å². The molecule has 1 saturated carbocycles. The molecule has 1 N–H and O–H groups in total. The van der Waals surface area contributed by atoms with Gasteiger partial charge < -0.3 is 23.9 Å². The molecule has 6 rings (SSSR count). The lowest BCUT2D eigenvalue weighted by Gasteiger charge is -2.41. The second kappa shape index (κ2) is 14.2. The number of likely N-dealkylation sites (N-methyl/N-ethyl adjacent to an activating group) is 1. The SMILES string of the molecule is COC[C@H]1CN(c2cc(C)c3c4c(c(=O)oc3c2C)CN(C(=O)c2ccc(C(=O)NS(=O)(=O)N(C)C)c(N(C)C3CCC3)c2F)CC4)CCN1C. The average molecular weight is 727 g/mol. The zero-order valence-corrected chi connectivity index (χ0v) is 31.2. The second-order valence-corrected chi connectivity index (χ2v) is 16.0. The van der Waals surface area contributed by atoms with Gasteiger partial charge in [0.05, 0.1) is 41.6 Å². The van der Waals surface area contributed by atoms with E-state index in [2.05, 4.69) is 22.9 Å². The molecule has 2 fully saturated rings. The third-order valence-corrected chi connectivity index (χ3v) is 12.2. The van der Waals surface area contributed by atoms with Crippen LogP contribution in [0.3, 0.4) is 0 Å². The molecule has 3 aliphatic rings. The molecule has 2 aliphatic heterocycles. The zero-order valence-electron chi connectivity index (χ0n) is 30.3. The first-order chi connectivity index (χ1) is 24.1. The smallest absolute Gasteiger partial charge is 0.341 e. The van der Waals surface area contributed by atoms with Crippen molar-refractivity contribution in [3.63, 3.8) is 0 Å². The van der Waals surface area contributed by atoms with Gasteiger partial charge in [-0.05, 0) is 75.9 Å². The van der Waals surface area contributed by atoms with Gasteiger partial charge in [-0.3, -0.25) is 14.5 Å². The lowest BCUT2D eigenvalue weighted by atomic mass is 9.90. The molecular formula is C36H47FN6O7S. The number of carbonyl (C=O) groups excluding carboxylic acids is 2. The van der Waals surface area contributed by atoms with E-state index in [9.17, 15) is 22.8 Å². The Kier molecular flexibility index (Phi) is 10.2. The number of halogens is 1. The van der Waals surface area contributed by atoms with Crippen molar-refractivity contribution in [2.45, 2.75) is 58.2 Å². The van der Waals surface area contributed by atoms with Gasteiger partial charge in [-0.1, -0.05) is 0 Å². The molecule has 0 spiro atoms. The Morgan fingerprint density at radius 2 is 1.78 bits per heavy atom. The number of anilines is 2. The first-order valence-corrected chi connectivity index (χ1v) is 18.7. The van der Waals surface area contributed by atoms with Gasteiger partial charge in [-0.15, -0.1) is 0 Å². The van der Waals surface area contributed by atoms with Crippen molar-refractivity contribution in [1.82, 2.24) is 18.8 Å². The minimum atomic E-state index is -4.15. The fourth-order valence-corrected chi connectivity index (χ4v) is 7.97. The Morgan fingerprint density at radius 3 is 2.43 bits per heavy atom. The minimum Gasteiger partial charge on any atom is -0.422 e. The van der Waals surface area contributed by atoms with Crippen molar-refractivity contribution < 1.29 is 31.6 Å². The van der Waals surface area contributed by atoms with Gasteiger partial charge in [-0.25, -0.2) is 13.9 Å². The summed E-state index contributed by atoms with van der Waals surface area (Å²) in [5.41, 5.74) is 3.43. The lowest BCUT2D eigenvalue weighted by Crippen LogP contribution is -2.53. The fraction of sp³-hybridized carbons (Fsp3) is 0.528. The molecule has 1 atom stereocenters. The molecule has 0 bridgehead atoms. The van der Waals surface area contributed by atoms with Crippen molar-refractivity contribution >= 4 is 44.4 Å². The van der Waals surface area contributed by atoms with E-state index in [4.69, 9.17) is 9.15 Å². The van der Waals surface area contributed by atoms with Crippen LogP contribution in [0.5, 0.6) is 0 Å². The van der Waals surface area contributed by atoms with E-state index in [1.807, 2.05) is 18.6 Å². The van der Waals surface area contributed by atoms with E-state index in [0.29, 0.717) is 24.2 Å². The second-order valence-electron chi connectivity index (χ2n) is 14.1. The number of ether oxygens (including phenoxy) is 1. The van der Waals surface area contributed by atoms with Crippen LogP contribution in [0.25, 0.3) is 11.0 Å². The molecule has 13 nitrogen and oxygen atoms in total. The first-order valence-electron chi connectivity index (χ1n) is 17.3. The topological polar surface area (TPSA) is 136 Å². The summed E-state index contributed by atoms with van der Waals surface area (Å²) in [5.74, 6) is -2.57. The Hall–Kier alpha value is -4.05. The maximum atomic E-state index is 16.5. The number of fused-ring (bicyclic) bond motifs is 3. The average Bonchev–Trinajstić information content (AvgIpc) is 3.05. The molecule has 15 heteroatoms. The number of nitrogens with one attached hydrogen (secondary N) is 1. The van der Waals surface area contributed by atoms with Gasteiger partial charge in [0.2, 0.25) is 0 Å². The van der Waals surface area contributed by atoms with Crippen LogP contribution in [0.4, 0.5) is 15.8 Å². The molecule has 2 amide bonds. The van der Waals surface area contributed by atoms with Crippen LogP contribution in [0.15, 0.2) is 27.4 Å². The van der Waals surface area contributed by atoms with E-state index < -0.39 is 33.5 Å². The minimum absolute atomic E-state index is 0.0691. The standard InChI is InChI=1S/C36H47FN6O7S/c1-21-17-29(42-16-15-40(5)24(18-42)20-49-7)22(2)33-30(21)25-13-14-43(19-28(25)36(46)50-33)35(45)26-11-12-27(34(44)38-51(47,48)39(3)4)32(31(26)37)41(6)23-9-8-10-23/h11-12,17,23-24H,8-10,13-16,18-20H2,1-7H3,(H,38,44)/t24-/m1/s1. The maximum absolute atomic E-state index is 16.5. The van der Waals surface area contributed by atoms with Crippen LogP contribution in [-0.4, -0.2) is 115 Å². The molecule has 3 heterocycles. The third-order valence-electron chi connectivity index (χ3n) is 10.8. The van der Waals surface area contributed by atoms with Gasteiger partial charge in [-0.2, -0.15) is 12.7 Å². The summed E-state index contributed by atoms with van der Waals surface area (Å²) in [6.07, 6.45) is 2.83. The summed E-state index contributed by atoms with van der Waals surface area (Å²) < 4.78 is 55.6. The highest BCUT2D eigenvalue weighted by Crippen LogP contribution is 2.38. The van der Waals surface area contributed by atoms with Gasteiger partial charge >= 0.3 is 15.8 Å². The number of hydrogen-bond donors (Lipinski definition) is 1. The highest BCUT2D eigenvalue weighted by molar-refractivity contribution is 7.87. The van der Waals surface area contributed by atoms with E-state index in [1.165, 1.54) is 31.1 Å². The normalized spacial score (nSPS) is 18.6. The van der Waals surface area contributed by atoms with E-state index in [-0.39, 0.29) is 42.0 Å². The number of benzene rings is 2. The Labute approximate surface area is 298 Å². The zero-order chi connectivity index (χ0) is 36.9. The molecule has 1 saturated heterocycles. The van der Waals surface area contributed by atoms with Crippen molar-refractivity contribution in [3.8, 4) is 0 Å². The van der Waals surface area contributed by atoms with Crippen molar-refractivity contribution in [1.29, 1.82) is 0 Å². The number of methoxy groups -OCH3 is 1. The molecule has 1 aliphatic carbocycles. The van der Waals surface area contributed by atoms with Crippen LogP contribution in [-0.2, 0) is 27.9 Å². The Morgan fingerprint density at radius 1 is 1.08 bits per heavy atom.